The van der Waals surface area contributed by atoms with Gasteiger partial charge in [0.15, 0.2) is 0 Å². The fourth-order valence-corrected chi connectivity index (χ4v) is 3.94. The highest BCUT2D eigenvalue weighted by molar-refractivity contribution is 7.89. The van der Waals surface area contributed by atoms with Gasteiger partial charge in [-0.15, -0.1) is 0 Å². The summed E-state index contributed by atoms with van der Waals surface area (Å²) in [7, 11) is -3.67. The van der Waals surface area contributed by atoms with Gasteiger partial charge in [-0.1, -0.05) is 36.4 Å². The number of nitrogens with one attached hydrogen (secondary N) is 2. The second-order valence-corrected chi connectivity index (χ2v) is 9.51. The smallest absolute Gasteiger partial charge is 0.241 e. The van der Waals surface area contributed by atoms with Crippen LogP contribution >= 0.6 is 0 Å². The summed E-state index contributed by atoms with van der Waals surface area (Å²) < 4.78 is 27.6. The Morgan fingerprint density at radius 3 is 2.08 bits per heavy atom. The molecule has 0 fully saturated rings. The summed E-state index contributed by atoms with van der Waals surface area (Å²) in [5, 5.41) is 2.82. The van der Waals surface area contributed by atoms with Crippen LogP contribution in [0.5, 0.6) is 0 Å². The summed E-state index contributed by atoms with van der Waals surface area (Å²) in [5.74, 6) is -0.206. The highest BCUT2D eigenvalue weighted by Gasteiger charge is 2.30. The van der Waals surface area contributed by atoms with E-state index < -0.39 is 21.0 Å². The van der Waals surface area contributed by atoms with Crippen molar-refractivity contribution in [2.45, 2.75) is 50.5 Å². The Labute approximate surface area is 155 Å². The van der Waals surface area contributed by atoms with Crippen LogP contribution in [0.3, 0.4) is 0 Å². The van der Waals surface area contributed by atoms with Crippen molar-refractivity contribution in [3.8, 4) is 0 Å². The first-order valence-electron chi connectivity index (χ1n) is 8.43. The highest BCUT2D eigenvalue weighted by atomic mass is 32.2. The predicted molar refractivity (Wildman–Crippen MR) is 105 cm³/mol. The molecular weight excluding hydrogens is 348 g/mol. The maximum atomic E-state index is 12.7. The number of anilines is 1. The van der Waals surface area contributed by atoms with Gasteiger partial charge in [-0.05, 0) is 58.4 Å². The first-order chi connectivity index (χ1) is 11.9. The number of rotatable bonds is 5. The molecule has 0 spiro atoms. The van der Waals surface area contributed by atoms with Crippen LogP contribution in [-0.2, 0) is 20.2 Å². The van der Waals surface area contributed by atoms with E-state index in [1.165, 1.54) is 12.1 Å². The normalized spacial score (nSPS) is 12.7. The summed E-state index contributed by atoms with van der Waals surface area (Å²) in [4.78, 5) is 12.9. The van der Waals surface area contributed by atoms with Crippen molar-refractivity contribution >= 4 is 21.6 Å². The molecule has 0 radical (unpaired) electrons. The average molecular weight is 375 g/mol. The number of amides is 1. The Morgan fingerprint density at radius 1 is 0.885 bits per heavy atom. The Bertz CT molecular complexity index is 883. The van der Waals surface area contributed by atoms with Crippen molar-refractivity contribution in [1.82, 2.24) is 4.72 Å². The maximum absolute atomic E-state index is 12.7. The van der Waals surface area contributed by atoms with Gasteiger partial charge in [0.1, 0.15) is 0 Å². The van der Waals surface area contributed by atoms with Crippen molar-refractivity contribution in [2.24, 2.45) is 0 Å². The minimum atomic E-state index is -3.67. The van der Waals surface area contributed by atoms with Crippen LogP contribution in [0.2, 0.25) is 0 Å². The van der Waals surface area contributed by atoms with E-state index in [9.17, 15) is 13.2 Å². The van der Waals surface area contributed by atoms with Crippen molar-refractivity contribution in [2.75, 3.05) is 5.32 Å². The third-order valence-electron chi connectivity index (χ3n) is 3.91. The summed E-state index contributed by atoms with van der Waals surface area (Å²) in [6.07, 6.45) is 0. The number of carbonyl (C=O) groups excluding carboxylic acids is 1. The molecule has 0 saturated carbocycles. The van der Waals surface area contributed by atoms with Crippen molar-refractivity contribution < 1.29 is 13.2 Å². The van der Waals surface area contributed by atoms with Gasteiger partial charge in [0.05, 0.1) is 10.3 Å². The van der Waals surface area contributed by atoms with E-state index in [0.29, 0.717) is 5.69 Å². The molecule has 0 unspecified atom stereocenters. The largest absolute Gasteiger partial charge is 0.325 e. The quantitative estimate of drug-likeness (QED) is 0.838. The first-order valence-corrected chi connectivity index (χ1v) is 9.91. The minimum absolute atomic E-state index is 0.114. The minimum Gasteiger partial charge on any atom is -0.325 e. The van der Waals surface area contributed by atoms with Crippen LogP contribution < -0.4 is 10.0 Å². The van der Waals surface area contributed by atoms with Gasteiger partial charge >= 0.3 is 0 Å². The van der Waals surface area contributed by atoms with E-state index in [1.54, 1.807) is 32.9 Å². The molecule has 2 aromatic rings. The van der Waals surface area contributed by atoms with Crippen molar-refractivity contribution in [1.29, 1.82) is 0 Å². The molecule has 0 atom stereocenters. The Kier molecular flexibility index (Phi) is 5.58. The fraction of sp³-hybridized carbons (Fsp3) is 0.350. The number of benzene rings is 2. The lowest BCUT2D eigenvalue weighted by Crippen LogP contribution is -2.40. The first kappa shape index (κ1) is 20.1. The topological polar surface area (TPSA) is 75.3 Å². The second kappa shape index (κ2) is 7.21. The molecule has 26 heavy (non-hydrogen) atoms. The van der Waals surface area contributed by atoms with E-state index in [1.807, 2.05) is 44.2 Å². The standard InChI is InChI=1S/C20H26N2O3S/c1-19(2,3)22-26(24,25)17-13-9-12-16(14-17)21-18(23)20(4,5)15-10-7-6-8-11-15/h6-14,22H,1-5H3,(H,21,23). The third-order valence-corrected chi connectivity index (χ3v) is 5.66. The number of sulfonamides is 1. The van der Waals surface area contributed by atoms with Crippen LogP contribution in [0.25, 0.3) is 0 Å². The number of hydrogen-bond acceptors (Lipinski definition) is 3. The molecule has 2 rings (SSSR count). The highest BCUT2D eigenvalue weighted by Crippen LogP contribution is 2.25. The third kappa shape index (κ3) is 4.93. The summed E-state index contributed by atoms with van der Waals surface area (Å²) >= 11 is 0. The van der Waals surface area contributed by atoms with Gasteiger partial charge in [0, 0.05) is 11.2 Å². The van der Waals surface area contributed by atoms with Gasteiger partial charge < -0.3 is 5.32 Å². The van der Waals surface area contributed by atoms with Gasteiger partial charge in [-0.2, -0.15) is 0 Å². The zero-order chi connectivity index (χ0) is 19.6. The van der Waals surface area contributed by atoms with Crippen LogP contribution in [0, 0.1) is 0 Å². The number of hydrogen-bond donors (Lipinski definition) is 2. The molecule has 6 heteroatoms. The molecule has 0 aromatic heterocycles. The van der Waals surface area contributed by atoms with Crippen molar-refractivity contribution in [3.05, 3.63) is 60.2 Å². The Hall–Kier alpha value is -2.18. The molecule has 2 N–H and O–H groups in total. The van der Waals surface area contributed by atoms with E-state index in [4.69, 9.17) is 0 Å². The SMILES string of the molecule is CC(C)(C)NS(=O)(=O)c1cccc(NC(=O)C(C)(C)c2ccccc2)c1. The van der Waals surface area contributed by atoms with E-state index in [-0.39, 0.29) is 10.8 Å². The molecule has 2 aromatic carbocycles. The van der Waals surface area contributed by atoms with Gasteiger partial charge in [-0.3, -0.25) is 4.79 Å². The molecule has 0 saturated heterocycles. The molecule has 0 bridgehead atoms. The molecule has 1 amide bonds. The lowest BCUT2D eigenvalue weighted by molar-refractivity contribution is -0.120. The van der Waals surface area contributed by atoms with Crippen LogP contribution in [0.15, 0.2) is 59.5 Å². The van der Waals surface area contributed by atoms with Gasteiger partial charge in [0.25, 0.3) is 0 Å². The predicted octanol–water partition coefficient (Wildman–Crippen LogP) is 3.68. The van der Waals surface area contributed by atoms with Gasteiger partial charge in [-0.25, -0.2) is 13.1 Å². The molecule has 0 aliphatic rings. The van der Waals surface area contributed by atoms with Crippen LogP contribution in [0.4, 0.5) is 5.69 Å². The van der Waals surface area contributed by atoms with Crippen molar-refractivity contribution in [3.63, 3.8) is 0 Å². The maximum Gasteiger partial charge on any atom is 0.241 e. The lowest BCUT2D eigenvalue weighted by atomic mass is 9.83. The Morgan fingerprint density at radius 2 is 1.50 bits per heavy atom. The molecule has 140 valence electrons. The van der Waals surface area contributed by atoms with E-state index in [0.717, 1.165) is 5.56 Å². The van der Waals surface area contributed by atoms with Crippen LogP contribution in [0.1, 0.15) is 40.2 Å². The second-order valence-electron chi connectivity index (χ2n) is 7.83. The number of carbonyl (C=O) groups is 1. The zero-order valence-corrected chi connectivity index (χ0v) is 16.6. The molecular formula is C20H26N2O3S. The lowest BCUT2D eigenvalue weighted by Gasteiger charge is -2.24. The molecule has 0 aliphatic carbocycles. The summed E-state index contributed by atoms with van der Waals surface area (Å²) in [5.41, 5.74) is -0.0147. The zero-order valence-electron chi connectivity index (χ0n) is 15.8. The molecule has 0 heterocycles. The Balaban J connectivity index is 2.25. The molecule has 0 aliphatic heterocycles. The van der Waals surface area contributed by atoms with E-state index in [2.05, 4.69) is 10.0 Å². The molecule has 5 nitrogen and oxygen atoms in total. The summed E-state index contributed by atoms with van der Waals surface area (Å²) in [6.45, 7) is 8.99. The van der Waals surface area contributed by atoms with E-state index >= 15 is 0 Å². The van der Waals surface area contributed by atoms with Gasteiger partial charge in [0.2, 0.25) is 15.9 Å². The fourth-order valence-electron chi connectivity index (χ4n) is 2.48. The summed E-state index contributed by atoms with van der Waals surface area (Å²) in [6, 6.07) is 15.7. The van der Waals surface area contributed by atoms with Crippen LogP contribution in [-0.4, -0.2) is 19.9 Å². The average Bonchev–Trinajstić information content (AvgIpc) is 2.53. The monoisotopic (exact) mass is 374 g/mol.